The molecule has 20 heavy (non-hydrogen) atoms. The van der Waals surface area contributed by atoms with Gasteiger partial charge in [0.2, 0.25) is 0 Å². The molecule has 1 saturated carbocycles. The molecule has 3 atom stereocenters. The van der Waals surface area contributed by atoms with Crippen LogP contribution in [0.4, 0.5) is 13.2 Å². The monoisotopic (exact) mass is 287 g/mol. The largest absolute Gasteiger partial charge is 0.391 e. The number of halogens is 3. The third-order valence-corrected chi connectivity index (χ3v) is 3.97. The van der Waals surface area contributed by atoms with E-state index >= 15 is 0 Å². The van der Waals surface area contributed by atoms with Crippen LogP contribution in [0.25, 0.3) is 0 Å². The lowest BCUT2D eigenvalue weighted by Gasteiger charge is -2.35. The van der Waals surface area contributed by atoms with Gasteiger partial charge in [0.15, 0.2) is 0 Å². The first-order valence-electron chi connectivity index (χ1n) is 7.08. The Morgan fingerprint density at radius 2 is 2.15 bits per heavy atom. The van der Waals surface area contributed by atoms with Crippen molar-refractivity contribution in [3.8, 4) is 0 Å². The van der Waals surface area contributed by atoms with Crippen molar-refractivity contribution in [1.82, 2.24) is 15.3 Å². The number of aromatic nitrogens is 2. The molecule has 0 radical (unpaired) electrons. The summed E-state index contributed by atoms with van der Waals surface area (Å²) in [6, 6.07) is -0.140. The number of hydrogen-bond donors (Lipinski definition) is 1. The van der Waals surface area contributed by atoms with Gasteiger partial charge in [0.05, 0.1) is 17.7 Å². The van der Waals surface area contributed by atoms with Crippen LogP contribution in [-0.2, 0) is 0 Å². The standard InChI is InChI=1S/C14H20F3N3/c1-2-19-13(12-9-18-6-7-20-12)10-4-3-5-11(8-10)14(15,16)17/h6-7,9-11,13,19H,2-5,8H2,1H3. The van der Waals surface area contributed by atoms with Gasteiger partial charge in [-0.15, -0.1) is 0 Å². The van der Waals surface area contributed by atoms with E-state index in [4.69, 9.17) is 0 Å². The first-order valence-corrected chi connectivity index (χ1v) is 7.08. The van der Waals surface area contributed by atoms with E-state index in [0.717, 1.165) is 12.1 Å². The molecule has 1 aromatic rings. The van der Waals surface area contributed by atoms with Crippen LogP contribution in [0.3, 0.4) is 0 Å². The fourth-order valence-electron chi connectivity index (χ4n) is 3.03. The average Bonchev–Trinajstić information content (AvgIpc) is 2.45. The third-order valence-electron chi connectivity index (χ3n) is 3.97. The van der Waals surface area contributed by atoms with Gasteiger partial charge in [0.1, 0.15) is 0 Å². The maximum absolute atomic E-state index is 12.9. The molecule has 112 valence electrons. The molecule has 0 bridgehead atoms. The van der Waals surface area contributed by atoms with Gasteiger partial charge in [-0.25, -0.2) is 0 Å². The summed E-state index contributed by atoms with van der Waals surface area (Å²) >= 11 is 0. The Morgan fingerprint density at radius 1 is 1.35 bits per heavy atom. The zero-order valence-electron chi connectivity index (χ0n) is 11.5. The summed E-state index contributed by atoms with van der Waals surface area (Å²) in [5.74, 6) is -1.22. The van der Waals surface area contributed by atoms with E-state index < -0.39 is 12.1 Å². The zero-order valence-corrected chi connectivity index (χ0v) is 11.5. The molecule has 0 aliphatic heterocycles. The van der Waals surface area contributed by atoms with Gasteiger partial charge in [0.25, 0.3) is 0 Å². The lowest BCUT2D eigenvalue weighted by Crippen LogP contribution is -2.36. The third kappa shape index (κ3) is 3.69. The minimum atomic E-state index is -4.09. The summed E-state index contributed by atoms with van der Waals surface area (Å²) < 4.78 is 38.8. The molecule has 0 aromatic carbocycles. The Morgan fingerprint density at radius 3 is 2.75 bits per heavy atom. The number of nitrogens with zero attached hydrogens (tertiary/aromatic N) is 2. The molecule has 0 saturated heterocycles. The number of alkyl halides is 3. The van der Waals surface area contributed by atoms with Crippen LogP contribution in [0.1, 0.15) is 44.3 Å². The zero-order chi connectivity index (χ0) is 14.6. The highest BCUT2D eigenvalue weighted by Crippen LogP contribution is 2.43. The SMILES string of the molecule is CCNC(c1cnccn1)C1CCCC(C(F)(F)F)C1. The first-order chi connectivity index (χ1) is 9.52. The smallest absolute Gasteiger partial charge is 0.309 e. The van der Waals surface area contributed by atoms with Crippen molar-refractivity contribution in [3.05, 3.63) is 24.3 Å². The van der Waals surface area contributed by atoms with E-state index in [2.05, 4.69) is 15.3 Å². The van der Waals surface area contributed by atoms with Crippen LogP contribution in [0.15, 0.2) is 18.6 Å². The second-order valence-corrected chi connectivity index (χ2v) is 5.33. The highest BCUT2D eigenvalue weighted by atomic mass is 19.4. The summed E-state index contributed by atoms with van der Waals surface area (Å²) in [5, 5.41) is 3.27. The molecule has 3 unspecified atom stereocenters. The minimum Gasteiger partial charge on any atom is -0.309 e. The minimum absolute atomic E-state index is 0.0352. The van der Waals surface area contributed by atoms with Crippen molar-refractivity contribution in [1.29, 1.82) is 0 Å². The Bertz CT molecular complexity index is 408. The fraction of sp³-hybridized carbons (Fsp3) is 0.714. The lowest BCUT2D eigenvalue weighted by molar-refractivity contribution is -0.186. The number of nitrogens with one attached hydrogen (secondary N) is 1. The van der Waals surface area contributed by atoms with Gasteiger partial charge in [-0.3, -0.25) is 9.97 Å². The fourth-order valence-corrected chi connectivity index (χ4v) is 3.03. The molecular formula is C14H20F3N3. The van der Waals surface area contributed by atoms with Crippen molar-refractivity contribution in [2.45, 2.75) is 44.8 Å². The lowest BCUT2D eigenvalue weighted by atomic mass is 9.76. The van der Waals surface area contributed by atoms with Crippen LogP contribution in [0.2, 0.25) is 0 Å². The van der Waals surface area contributed by atoms with Crippen molar-refractivity contribution < 1.29 is 13.2 Å². The Balaban J connectivity index is 2.13. The molecule has 6 heteroatoms. The highest BCUT2D eigenvalue weighted by molar-refractivity contribution is 5.05. The van der Waals surface area contributed by atoms with Gasteiger partial charge < -0.3 is 5.32 Å². The van der Waals surface area contributed by atoms with Crippen molar-refractivity contribution in [2.24, 2.45) is 11.8 Å². The van der Waals surface area contributed by atoms with Gasteiger partial charge in [0, 0.05) is 18.6 Å². The van der Waals surface area contributed by atoms with Crippen LogP contribution in [-0.4, -0.2) is 22.7 Å². The van der Waals surface area contributed by atoms with Gasteiger partial charge in [-0.2, -0.15) is 13.2 Å². The molecule has 3 nitrogen and oxygen atoms in total. The topological polar surface area (TPSA) is 37.8 Å². The van der Waals surface area contributed by atoms with Crippen LogP contribution in [0, 0.1) is 11.8 Å². The van der Waals surface area contributed by atoms with Gasteiger partial charge in [-0.1, -0.05) is 13.3 Å². The van der Waals surface area contributed by atoms with E-state index in [0.29, 0.717) is 13.0 Å². The molecule has 0 spiro atoms. The Hall–Kier alpha value is -1.17. The predicted molar refractivity (Wildman–Crippen MR) is 70.0 cm³/mol. The van der Waals surface area contributed by atoms with Gasteiger partial charge in [-0.05, 0) is 31.7 Å². The van der Waals surface area contributed by atoms with E-state index in [1.807, 2.05) is 6.92 Å². The number of hydrogen-bond acceptors (Lipinski definition) is 3. The second kappa shape index (κ2) is 6.52. The van der Waals surface area contributed by atoms with E-state index in [1.54, 1.807) is 18.6 Å². The Kier molecular flexibility index (Phi) is 4.96. The predicted octanol–water partition coefficient (Wildman–Crippen LogP) is 3.50. The van der Waals surface area contributed by atoms with Crippen molar-refractivity contribution in [2.75, 3.05) is 6.54 Å². The molecule has 0 amide bonds. The molecule has 1 heterocycles. The molecule has 2 rings (SSSR count). The quantitative estimate of drug-likeness (QED) is 0.921. The molecule has 1 aliphatic rings. The molecule has 1 aromatic heterocycles. The van der Waals surface area contributed by atoms with E-state index in [-0.39, 0.29) is 24.8 Å². The van der Waals surface area contributed by atoms with E-state index in [1.165, 1.54) is 0 Å². The molecule has 1 aliphatic carbocycles. The molecular weight excluding hydrogens is 267 g/mol. The van der Waals surface area contributed by atoms with Gasteiger partial charge >= 0.3 is 6.18 Å². The van der Waals surface area contributed by atoms with Crippen LogP contribution < -0.4 is 5.32 Å². The molecule has 1 fully saturated rings. The summed E-state index contributed by atoms with van der Waals surface area (Å²) in [4.78, 5) is 8.28. The number of rotatable bonds is 4. The van der Waals surface area contributed by atoms with Crippen molar-refractivity contribution >= 4 is 0 Å². The normalized spacial score (nSPS) is 25.4. The summed E-state index contributed by atoms with van der Waals surface area (Å²) in [6.45, 7) is 2.65. The summed E-state index contributed by atoms with van der Waals surface area (Å²) in [6.07, 6.45) is 2.58. The summed E-state index contributed by atoms with van der Waals surface area (Å²) in [7, 11) is 0. The highest BCUT2D eigenvalue weighted by Gasteiger charge is 2.43. The maximum atomic E-state index is 12.9. The van der Waals surface area contributed by atoms with E-state index in [9.17, 15) is 13.2 Å². The Labute approximate surface area is 117 Å². The average molecular weight is 287 g/mol. The summed E-state index contributed by atoms with van der Waals surface area (Å²) in [5.41, 5.74) is 0.738. The maximum Gasteiger partial charge on any atom is 0.391 e. The molecule has 1 N–H and O–H groups in total. The van der Waals surface area contributed by atoms with Crippen molar-refractivity contribution in [3.63, 3.8) is 0 Å². The van der Waals surface area contributed by atoms with Crippen LogP contribution >= 0.6 is 0 Å². The van der Waals surface area contributed by atoms with Crippen LogP contribution in [0.5, 0.6) is 0 Å². The second-order valence-electron chi connectivity index (χ2n) is 5.33. The first kappa shape index (κ1) is 15.2.